The van der Waals surface area contributed by atoms with E-state index in [0.29, 0.717) is 11.8 Å². The molecule has 2 aromatic rings. The second-order valence-corrected chi connectivity index (χ2v) is 6.64. The van der Waals surface area contributed by atoms with E-state index >= 15 is 0 Å². The highest BCUT2D eigenvalue weighted by Crippen LogP contribution is 2.36. The highest BCUT2D eigenvalue weighted by atomic mass is 35.5. The van der Waals surface area contributed by atoms with Gasteiger partial charge in [-0.25, -0.2) is 0 Å². The van der Waals surface area contributed by atoms with Crippen LogP contribution in [0.3, 0.4) is 0 Å². The van der Waals surface area contributed by atoms with Gasteiger partial charge in [-0.15, -0.1) is 0 Å². The molecule has 1 aromatic heterocycles. The van der Waals surface area contributed by atoms with Gasteiger partial charge in [-0.2, -0.15) is 9.78 Å². The van der Waals surface area contributed by atoms with Crippen LogP contribution in [0.15, 0.2) is 53.5 Å². The Labute approximate surface area is 140 Å². The molecule has 2 unspecified atom stereocenters. The average molecular weight is 328 g/mol. The van der Waals surface area contributed by atoms with Crippen molar-refractivity contribution in [3.63, 3.8) is 0 Å². The summed E-state index contributed by atoms with van der Waals surface area (Å²) in [4.78, 5) is 14.8. The minimum absolute atomic E-state index is 0.260. The van der Waals surface area contributed by atoms with Gasteiger partial charge >= 0.3 is 0 Å². The molecule has 0 N–H and O–H groups in total. The maximum Gasteiger partial charge on any atom is 0.292 e. The standard InChI is InChI=1S/C18H18ClN3O/c19-17-16(21-11-13-6-4-5-7-14(13)12-21)10-20-22(18(17)23)15-8-2-1-3-9-15/h1-5,8-10,13-14H,6-7,11-12H2. The van der Waals surface area contributed by atoms with Gasteiger partial charge in [-0.3, -0.25) is 4.79 Å². The van der Waals surface area contributed by atoms with Crippen molar-refractivity contribution in [2.75, 3.05) is 18.0 Å². The number of fused-ring (bicyclic) bond motifs is 1. The number of halogens is 1. The molecule has 1 saturated heterocycles. The van der Waals surface area contributed by atoms with Crippen molar-refractivity contribution in [3.05, 3.63) is 64.1 Å². The maximum absolute atomic E-state index is 12.6. The van der Waals surface area contributed by atoms with Crippen LogP contribution in [-0.4, -0.2) is 22.9 Å². The summed E-state index contributed by atoms with van der Waals surface area (Å²) in [5, 5.41) is 4.59. The van der Waals surface area contributed by atoms with E-state index in [0.717, 1.165) is 37.3 Å². The number of allylic oxidation sites excluding steroid dienone is 2. The lowest BCUT2D eigenvalue weighted by Gasteiger charge is -2.19. The summed E-state index contributed by atoms with van der Waals surface area (Å²) in [6.07, 6.45) is 8.48. The molecule has 1 aromatic carbocycles. The van der Waals surface area contributed by atoms with E-state index in [2.05, 4.69) is 22.2 Å². The first-order chi connectivity index (χ1) is 11.2. The molecule has 2 aliphatic rings. The van der Waals surface area contributed by atoms with Crippen LogP contribution in [0.1, 0.15) is 12.8 Å². The normalized spacial score (nSPS) is 23.1. The summed E-state index contributed by atoms with van der Waals surface area (Å²) in [5.74, 6) is 1.32. The zero-order chi connectivity index (χ0) is 15.8. The van der Waals surface area contributed by atoms with Gasteiger partial charge in [0.05, 0.1) is 17.6 Å². The van der Waals surface area contributed by atoms with Crippen molar-refractivity contribution in [3.8, 4) is 5.69 Å². The highest BCUT2D eigenvalue weighted by molar-refractivity contribution is 6.33. The number of anilines is 1. The Bertz CT molecular complexity index is 784. The number of rotatable bonds is 2. The lowest BCUT2D eigenvalue weighted by Crippen LogP contribution is -2.27. The number of hydrogen-bond acceptors (Lipinski definition) is 3. The summed E-state index contributed by atoms with van der Waals surface area (Å²) in [6.45, 7) is 1.90. The van der Waals surface area contributed by atoms with Gasteiger partial charge in [0.1, 0.15) is 5.02 Å². The Balaban J connectivity index is 1.67. The van der Waals surface area contributed by atoms with Crippen LogP contribution in [0, 0.1) is 11.8 Å². The lowest BCUT2D eigenvalue weighted by molar-refractivity contribution is 0.411. The number of nitrogens with zero attached hydrogens (tertiary/aromatic N) is 3. The monoisotopic (exact) mass is 327 g/mol. The van der Waals surface area contributed by atoms with Crippen molar-refractivity contribution in [2.24, 2.45) is 11.8 Å². The summed E-state index contributed by atoms with van der Waals surface area (Å²) in [6, 6.07) is 9.36. The molecule has 1 aliphatic carbocycles. The first-order valence-electron chi connectivity index (χ1n) is 7.97. The van der Waals surface area contributed by atoms with Gasteiger partial charge in [-0.05, 0) is 36.8 Å². The first-order valence-corrected chi connectivity index (χ1v) is 8.35. The van der Waals surface area contributed by atoms with Crippen molar-refractivity contribution in [1.29, 1.82) is 0 Å². The molecule has 0 bridgehead atoms. The maximum atomic E-state index is 12.6. The van der Waals surface area contributed by atoms with Crippen molar-refractivity contribution >= 4 is 17.3 Å². The fraction of sp³-hybridized carbons (Fsp3) is 0.333. The number of para-hydroxylation sites is 1. The van der Waals surface area contributed by atoms with Crippen molar-refractivity contribution in [1.82, 2.24) is 9.78 Å². The average Bonchev–Trinajstić information content (AvgIpc) is 3.02. The molecule has 1 aliphatic heterocycles. The Morgan fingerprint density at radius 1 is 1.04 bits per heavy atom. The predicted octanol–water partition coefficient (Wildman–Crippen LogP) is 3.29. The van der Waals surface area contributed by atoms with E-state index in [1.807, 2.05) is 30.3 Å². The van der Waals surface area contributed by atoms with Gasteiger partial charge in [0.2, 0.25) is 0 Å². The zero-order valence-corrected chi connectivity index (χ0v) is 13.5. The fourth-order valence-electron chi connectivity index (χ4n) is 3.61. The molecule has 4 nitrogen and oxygen atoms in total. The summed E-state index contributed by atoms with van der Waals surface area (Å²) >= 11 is 6.40. The van der Waals surface area contributed by atoms with Gasteiger partial charge in [0.25, 0.3) is 5.56 Å². The molecule has 0 radical (unpaired) electrons. The van der Waals surface area contributed by atoms with Crippen LogP contribution in [0.4, 0.5) is 5.69 Å². The number of aromatic nitrogens is 2. The third-order valence-corrected chi connectivity index (χ3v) is 5.22. The third-order valence-electron chi connectivity index (χ3n) is 4.86. The van der Waals surface area contributed by atoms with E-state index in [1.54, 1.807) is 6.20 Å². The van der Waals surface area contributed by atoms with Gasteiger partial charge in [0, 0.05) is 13.1 Å². The molecule has 1 fully saturated rings. The summed E-state index contributed by atoms with van der Waals surface area (Å²) < 4.78 is 1.36. The molecule has 5 heteroatoms. The Kier molecular flexibility index (Phi) is 3.69. The topological polar surface area (TPSA) is 38.1 Å². The molecular weight excluding hydrogens is 310 g/mol. The molecule has 0 spiro atoms. The Morgan fingerprint density at radius 3 is 2.35 bits per heavy atom. The van der Waals surface area contributed by atoms with Gasteiger partial charge in [-0.1, -0.05) is 42.0 Å². The van der Waals surface area contributed by atoms with Crippen LogP contribution in [0.2, 0.25) is 5.02 Å². The van der Waals surface area contributed by atoms with Gasteiger partial charge < -0.3 is 4.90 Å². The molecule has 4 rings (SSSR count). The summed E-state index contributed by atoms with van der Waals surface area (Å²) in [7, 11) is 0. The smallest absolute Gasteiger partial charge is 0.292 e. The largest absolute Gasteiger partial charge is 0.368 e. The van der Waals surface area contributed by atoms with Crippen LogP contribution < -0.4 is 10.5 Å². The van der Waals surface area contributed by atoms with Gasteiger partial charge in [0.15, 0.2) is 0 Å². The minimum Gasteiger partial charge on any atom is -0.368 e. The zero-order valence-electron chi connectivity index (χ0n) is 12.7. The molecule has 23 heavy (non-hydrogen) atoms. The van der Waals surface area contributed by atoms with Crippen LogP contribution in [0.25, 0.3) is 5.69 Å². The Morgan fingerprint density at radius 2 is 1.70 bits per heavy atom. The molecule has 2 atom stereocenters. The summed E-state index contributed by atoms with van der Waals surface area (Å²) in [5.41, 5.74) is 1.23. The number of hydrogen-bond donors (Lipinski definition) is 0. The second-order valence-electron chi connectivity index (χ2n) is 6.26. The van der Waals surface area contributed by atoms with Crippen LogP contribution in [0.5, 0.6) is 0 Å². The van der Waals surface area contributed by atoms with E-state index in [9.17, 15) is 4.79 Å². The van der Waals surface area contributed by atoms with Crippen molar-refractivity contribution in [2.45, 2.75) is 12.8 Å². The second kappa shape index (κ2) is 5.85. The molecule has 2 heterocycles. The molecule has 0 saturated carbocycles. The van der Waals surface area contributed by atoms with E-state index < -0.39 is 0 Å². The Hall–Kier alpha value is -2.07. The van der Waals surface area contributed by atoms with E-state index in [1.165, 1.54) is 4.68 Å². The predicted molar refractivity (Wildman–Crippen MR) is 92.4 cm³/mol. The van der Waals surface area contributed by atoms with E-state index in [-0.39, 0.29) is 10.6 Å². The minimum atomic E-state index is -0.261. The third kappa shape index (κ3) is 2.57. The van der Waals surface area contributed by atoms with Crippen LogP contribution >= 0.6 is 11.6 Å². The molecule has 118 valence electrons. The molecular formula is C18H18ClN3O. The highest BCUT2D eigenvalue weighted by Gasteiger charge is 2.34. The quantitative estimate of drug-likeness (QED) is 0.794. The first kappa shape index (κ1) is 14.5. The lowest BCUT2D eigenvalue weighted by atomic mass is 9.86. The van der Waals surface area contributed by atoms with Crippen molar-refractivity contribution < 1.29 is 0 Å². The number of benzene rings is 1. The SMILES string of the molecule is O=c1c(Cl)c(N2CC3CC=CCC3C2)cnn1-c1ccccc1. The van der Waals surface area contributed by atoms with Crippen LogP contribution in [-0.2, 0) is 0 Å². The fourth-order valence-corrected chi connectivity index (χ4v) is 3.86. The molecule has 0 amide bonds. The van der Waals surface area contributed by atoms with E-state index in [4.69, 9.17) is 11.6 Å².